The van der Waals surface area contributed by atoms with E-state index in [1.807, 2.05) is 26.2 Å². The van der Waals surface area contributed by atoms with Gasteiger partial charge in [-0.05, 0) is 18.4 Å². The predicted molar refractivity (Wildman–Crippen MR) is 51.3 cm³/mol. The summed E-state index contributed by atoms with van der Waals surface area (Å²) in [5, 5.41) is 2.07. The average Bonchev–Trinajstić information content (AvgIpc) is 2.58. The normalized spacial score (nSPS) is 10.5. The molecule has 0 saturated heterocycles. The molecular weight excluding hydrogens is 168 g/mol. The van der Waals surface area contributed by atoms with Crippen molar-refractivity contribution in [2.24, 2.45) is 7.05 Å². The zero-order valence-corrected chi connectivity index (χ0v) is 7.93. The summed E-state index contributed by atoms with van der Waals surface area (Å²) in [5.74, 6) is 1.06. The Morgan fingerprint density at radius 1 is 1.50 bits per heavy atom. The van der Waals surface area contributed by atoms with Crippen LogP contribution in [-0.2, 0) is 7.05 Å². The van der Waals surface area contributed by atoms with Crippen molar-refractivity contribution in [2.45, 2.75) is 6.92 Å². The van der Waals surface area contributed by atoms with Gasteiger partial charge < -0.3 is 4.57 Å². The molecule has 0 spiro atoms. The standard InChI is InChI=1S/C9H10N2S/c1-7-6-11(2)9(10-7)8-4-3-5-12-8/h3-6H,1-2H3. The Bertz CT molecular complexity index is 373. The second kappa shape index (κ2) is 2.75. The number of hydrogen-bond acceptors (Lipinski definition) is 2. The molecule has 62 valence electrons. The first-order chi connectivity index (χ1) is 5.77. The first-order valence-corrected chi connectivity index (χ1v) is 4.69. The Morgan fingerprint density at radius 3 is 2.83 bits per heavy atom. The third-order valence-corrected chi connectivity index (χ3v) is 2.60. The molecule has 0 amide bonds. The molecule has 12 heavy (non-hydrogen) atoms. The zero-order chi connectivity index (χ0) is 8.55. The Balaban J connectivity index is 2.54. The molecule has 0 radical (unpaired) electrons. The van der Waals surface area contributed by atoms with E-state index in [9.17, 15) is 0 Å². The van der Waals surface area contributed by atoms with E-state index < -0.39 is 0 Å². The third-order valence-electron chi connectivity index (χ3n) is 1.74. The van der Waals surface area contributed by atoms with Gasteiger partial charge in [0, 0.05) is 13.2 Å². The second-order valence-corrected chi connectivity index (χ2v) is 3.74. The molecule has 0 N–H and O–H groups in total. The molecular formula is C9H10N2S. The fourth-order valence-electron chi connectivity index (χ4n) is 1.25. The molecule has 0 fully saturated rings. The van der Waals surface area contributed by atoms with E-state index in [0.29, 0.717) is 0 Å². The first kappa shape index (κ1) is 7.55. The van der Waals surface area contributed by atoms with Gasteiger partial charge in [0.25, 0.3) is 0 Å². The first-order valence-electron chi connectivity index (χ1n) is 3.81. The molecule has 0 aliphatic carbocycles. The van der Waals surface area contributed by atoms with E-state index >= 15 is 0 Å². The highest BCUT2D eigenvalue weighted by atomic mass is 32.1. The maximum absolute atomic E-state index is 4.43. The molecule has 0 unspecified atom stereocenters. The number of hydrogen-bond donors (Lipinski definition) is 0. The van der Waals surface area contributed by atoms with Crippen molar-refractivity contribution in [2.75, 3.05) is 0 Å². The lowest BCUT2D eigenvalue weighted by atomic mass is 10.4. The maximum Gasteiger partial charge on any atom is 0.150 e. The second-order valence-electron chi connectivity index (χ2n) is 2.79. The van der Waals surface area contributed by atoms with Crippen LogP contribution in [0.15, 0.2) is 23.7 Å². The van der Waals surface area contributed by atoms with Gasteiger partial charge in [-0.2, -0.15) is 0 Å². The van der Waals surface area contributed by atoms with Gasteiger partial charge >= 0.3 is 0 Å². The maximum atomic E-state index is 4.43. The lowest BCUT2D eigenvalue weighted by Crippen LogP contribution is -1.87. The summed E-state index contributed by atoms with van der Waals surface area (Å²) < 4.78 is 2.06. The van der Waals surface area contributed by atoms with Crippen LogP contribution in [0.25, 0.3) is 10.7 Å². The van der Waals surface area contributed by atoms with E-state index in [2.05, 4.69) is 21.0 Å². The van der Waals surface area contributed by atoms with E-state index in [-0.39, 0.29) is 0 Å². The van der Waals surface area contributed by atoms with Crippen LogP contribution < -0.4 is 0 Å². The van der Waals surface area contributed by atoms with Crippen LogP contribution in [0.1, 0.15) is 5.69 Å². The topological polar surface area (TPSA) is 17.8 Å². The highest BCUT2D eigenvalue weighted by Crippen LogP contribution is 2.22. The summed E-state index contributed by atoms with van der Waals surface area (Å²) in [6.45, 7) is 2.01. The number of thiophene rings is 1. The molecule has 2 heterocycles. The number of aromatic nitrogens is 2. The fraction of sp³-hybridized carbons (Fsp3) is 0.222. The number of nitrogens with zero attached hydrogens (tertiary/aromatic N) is 2. The van der Waals surface area contributed by atoms with Gasteiger partial charge in [-0.1, -0.05) is 6.07 Å². The van der Waals surface area contributed by atoms with Gasteiger partial charge in [0.05, 0.1) is 10.6 Å². The molecule has 0 atom stereocenters. The zero-order valence-electron chi connectivity index (χ0n) is 7.11. The van der Waals surface area contributed by atoms with Crippen molar-refractivity contribution in [1.82, 2.24) is 9.55 Å². The minimum atomic E-state index is 1.06. The predicted octanol–water partition coefficient (Wildman–Crippen LogP) is 2.46. The summed E-state index contributed by atoms with van der Waals surface area (Å²) in [7, 11) is 2.02. The molecule has 3 heteroatoms. The van der Waals surface area contributed by atoms with Crippen LogP contribution in [0, 0.1) is 6.92 Å². The van der Waals surface area contributed by atoms with Gasteiger partial charge in [0.2, 0.25) is 0 Å². The summed E-state index contributed by atoms with van der Waals surface area (Å²) in [6.07, 6.45) is 2.04. The molecule has 0 aromatic carbocycles. The fourth-order valence-corrected chi connectivity index (χ4v) is 2.01. The number of aryl methyl sites for hydroxylation is 2. The lowest BCUT2D eigenvalue weighted by molar-refractivity contribution is 0.927. The summed E-state index contributed by atoms with van der Waals surface area (Å²) in [5.41, 5.74) is 1.07. The Kier molecular flexibility index (Phi) is 1.73. The van der Waals surface area contributed by atoms with Gasteiger partial charge in [-0.3, -0.25) is 0 Å². The monoisotopic (exact) mass is 178 g/mol. The summed E-state index contributed by atoms with van der Waals surface area (Å²) in [6, 6.07) is 4.14. The Hall–Kier alpha value is -1.09. The summed E-state index contributed by atoms with van der Waals surface area (Å²) in [4.78, 5) is 5.65. The van der Waals surface area contributed by atoms with Crippen LogP contribution in [-0.4, -0.2) is 9.55 Å². The van der Waals surface area contributed by atoms with E-state index in [0.717, 1.165) is 11.5 Å². The van der Waals surface area contributed by atoms with Crippen molar-refractivity contribution in [3.8, 4) is 10.7 Å². The highest BCUT2D eigenvalue weighted by molar-refractivity contribution is 7.13. The lowest BCUT2D eigenvalue weighted by Gasteiger charge is -1.95. The van der Waals surface area contributed by atoms with Crippen LogP contribution in [0.2, 0.25) is 0 Å². The molecule has 2 aromatic rings. The number of imidazole rings is 1. The Morgan fingerprint density at radius 2 is 2.33 bits per heavy atom. The minimum absolute atomic E-state index is 1.06. The molecule has 2 rings (SSSR count). The van der Waals surface area contributed by atoms with Gasteiger partial charge in [-0.25, -0.2) is 4.98 Å². The third kappa shape index (κ3) is 1.16. The van der Waals surface area contributed by atoms with Crippen LogP contribution in [0.3, 0.4) is 0 Å². The van der Waals surface area contributed by atoms with Crippen LogP contribution in [0.4, 0.5) is 0 Å². The summed E-state index contributed by atoms with van der Waals surface area (Å²) >= 11 is 1.72. The van der Waals surface area contributed by atoms with Gasteiger partial charge in [-0.15, -0.1) is 11.3 Å². The van der Waals surface area contributed by atoms with Crippen molar-refractivity contribution in [1.29, 1.82) is 0 Å². The Labute approximate surface area is 75.5 Å². The van der Waals surface area contributed by atoms with E-state index in [4.69, 9.17) is 0 Å². The van der Waals surface area contributed by atoms with Crippen LogP contribution in [0.5, 0.6) is 0 Å². The number of rotatable bonds is 1. The van der Waals surface area contributed by atoms with Crippen LogP contribution >= 0.6 is 11.3 Å². The van der Waals surface area contributed by atoms with Crippen molar-refractivity contribution >= 4 is 11.3 Å². The molecule has 0 aliphatic heterocycles. The SMILES string of the molecule is Cc1cn(C)c(-c2cccs2)n1. The van der Waals surface area contributed by atoms with E-state index in [1.165, 1.54) is 4.88 Å². The largest absolute Gasteiger partial charge is 0.333 e. The van der Waals surface area contributed by atoms with Gasteiger partial charge in [0.15, 0.2) is 0 Å². The van der Waals surface area contributed by atoms with Crippen molar-refractivity contribution in [3.63, 3.8) is 0 Å². The van der Waals surface area contributed by atoms with Crippen molar-refractivity contribution in [3.05, 3.63) is 29.4 Å². The quantitative estimate of drug-likeness (QED) is 0.656. The van der Waals surface area contributed by atoms with E-state index in [1.54, 1.807) is 11.3 Å². The average molecular weight is 178 g/mol. The molecule has 0 saturated carbocycles. The molecule has 2 aromatic heterocycles. The molecule has 2 nitrogen and oxygen atoms in total. The molecule has 0 aliphatic rings. The van der Waals surface area contributed by atoms with Gasteiger partial charge in [0.1, 0.15) is 5.82 Å². The minimum Gasteiger partial charge on any atom is -0.333 e. The van der Waals surface area contributed by atoms with Crippen molar-refractivity contribution < 1.29 is 0 Å². The highest BCUT2D eigenvalue weighted by Gasteiger charge is 2.04. The smallest absolute Gasteiger partial charge is 0.150 e. The molecule has 0 bridgehead atoms.